The summed E-state index contributed by atoms with van der Waals surface area (Å²) in [5, 5.41) is 12.7. The van der Waals surface area contributed by atoms with Crippen molar-refractivity contribution in [2.24, 2.45) is 0 Å². The molecule has 0 bridgehead atoms. The van der Waals surface area contributed by atoms with Crippen molar-refractivity contribution in [2.45, 2.75) is 13.5 Å². The molecular weight excluding hydrogens is 386 g/mol. The van der Waals surface area contributed by atoms with Crippen LogP contribution < -0.4 is 4.74 Å². The smallest absolute Gasteiger partial charge is 0.388 e. The number of rotatable bonds is 3. The average Bonchev–Trinajstić information content (AvgIpc) is 2.66. The summed E-state index contributed by atoms with van der Waals surface area (Å²) in [6.07, 6.45) is 0. The summed E-state index contributed by atoms with van der Waals surface area (Å²) in [4.78, 5) is 0. The van der Waals surface area contributed by atoms with E-state index in [1.54, 1.807) is 6.92 Å². The average molecular weight is 393 g/mol. The normalized spacial score (nSPS) is 10.7. The Morgan fingerprint density at radius 2 is 2.10 bits per heavy atom. The quantitative estimate of drug-likeness (QED) is 0.752. The topological polar surface area (TPSA) is 50.8 Å². The number of hydrogen-bond acceptors (Lipinski definition) is 3. The first-order valence-electron chi connectivity index (χ1n) is 5.33. The van der Waals surface area contributed by atoms with Crippen LogP contribution in [0.15, 0.2) is 18.2 Å². The van der Waals surface area contributed by atoms with Crippen LogP contribution in [-0.2, 0) is 0 Å². The van der Waals surface area contributed by atoms with Gasteiger partial charge in [0.1, 0.15) is 5.82 Å². The van der Waals surface area contributed by atoms with E-state index in [9.17, 15) is 13.2 Å². The van der Waals surface area contributed by atoms with Gasteiger partial charge in [0.15, 0.2) is 0 Å². The van der Waals surface area contributed by atoms with E-state index in [0.717, 1.165) is 12.1 Å². The highest BCUT2D eigenvalue weighted by atomic mass is 127. The molecule has 1 aromatic heterocycles. The van der Waals surface area contributed by atoms with Crippen LogP contribution in [0.5, 0.6) is 5.88 Å². The number of alkyl halides is 2. The van der Waals surface area contributed by atoms with Gasteiger partial charge in [-0.15, -0.1) is 5.10 Å². The van der Waals surface area contributed by atoms with E-state index in [1.165, 1.54) is 10.7 Å². The fraction of sp³-hybridized carbons (Fsp3) is 0.167. The largest absolute Gasteiger partial charge is 0.414 e. The Kier molecular flexibility index (Phi) is 4.17. The fourth-order valence-electron chi connectivity index (χ4n) is 1.63. The van der Waals surface area contributed by atoms with E-state index in [-0.39, 0.29) is 17.1 Å². The van der Waals surface area contributed by atoms with Crippen molar-refractivity contribution < 1.29 is 17.9 Å². The minimum Gasteiger partial charge on any atom is -0.414 e. The first-order chi connectivity index (χ1) is 9.42. The second-order valence-electron chi connectivity index (χ2n) is 3.80. The molecule has 20 heavy (non-hydrogen) atoms. The second-order valence-corrected chi connectivity index (χ2v) is 4.88. The second kappa shape index (κ2) is 5.70. The molecule has 0 spiro atoms. The molecule has 2 aromatic rings. The van der Waals surface area contributed by atoms with Crippen LogP contribution in [-0.4, -0.2) is 16.4 Å². The van der Waals surface area contributed by atoms with Crippen LogP contribution in [0.25, 0.3) is 5.69 Å². The highest BCUT2D eigenvalue weighted by Gasteiger charge is 2.18. The molecule has 0 fully saturated rings. The van der Waals surface area contributed by atoms with Gasteiger partial charge >= 0.3 is 6.61 Å². The summed E-state index contributed by atoms with van der Waals surface area (Å²) < 4.78 is 43.8. The standard InChI is InChI=1S/C12H7F3IN3O/c1-6-10(16)11(20-12(14)15)18-19(6)9-3-7(5-17)2-8(13)4-9/h2-4,12H,1H3. The number of ether oxygens (including phenoxy) is 1. The lowest BCUT2D eigenvalue weighted by atomic mass is 10.2. The molecule has 0 saturated heterocycles. The van der Waals surface area contributed by atoms with E-state index < -0.39 is 12.4 Å². The van der Waals surface area contributed by atoms with Crippen molar-refractivity contribution in [1.82, 2.24) is 9.78 Å². The molecule has 8 heteroatoms. The number of nitriles is 1. The number of halogens is 4. The minimum atomic E-state index is -2.99. The molecule has 1 aromatic carbocycles. The summed E-state index contributed by atoms with van der Waals surface area (Å²) in [5.41, 5.74) is 0.887. The van der Waals surface area contributed by atoms with Crippen molar-refractivity contribution in [1.29, 1.82) is 5.26 Å². The van der Waals surface area contributed by atoms with Gasteiger partial charge in [-0.1, -0.05) is 0 Å². The van der Waals surface area contributed by atoms with Crippen LogP contribution in [0.4, 0.5) is 13.2 Å². The first kappa shape index (κ1) is 14.6. The zero-order valence-electron chi connectivity index (χ0n) is 10.1. The lowest BCUT2D eigenvalue weighted by Crippen LogP contribution is -2.04. The zero-order chi connectivity index (χ0) is 14.9. The molecule has 1 heterocycles. The predicted molar refractivity (Wildman–Crippen MR) is 72.3 cm³/mol. The maximum Gasteiger partial charge on any atom is 0.388 e. The Balaban J connectivity index is 2.53. The van der Waals surface area contributed by atoms with Crippen LogP contribution in [0.2, 0.25) is 0 Å². The Morgan fingerprint density at radius 3 is 2.70 bits per heavy atom. The SMILES string of the molecule is Cc1c(I)c(OC(F)F)nn1-c1cc(F)cc(C#N)c1. The van der Waals surface area contributed by atoms with Crippen LogP contribution >= 0.6 is 22.6 Å². The molecule has 0 unspecified atom stereocenters. The first-order valence-corrected chi connectivity index (χ1v) is 6.41. The third kappa shape index (κ3) is 2.87. The van der Waals surface area contributed by atoms with Gasteiger partial charge in [0.2, 0.25) is 0 Å². The monoisotopic (exact) mass is 393 g/mol. The van der Waals surface area contributed by atoms with Gasteiger partial charge in [-0.25, -0.2) is 9.07 Å². The summed E-state index contributed by atoms with van der Waals surface area (Å²) in [6.45, 7) is -1.36. The number of nitrogens with zero attached hydrogens (tertiary/aromatic N) is 3. The zero-order valence-corrected chi connectivity index (χ0v) is 12.2. The molecule has 2 rings (SSSR count). The van der Waals surface area contributed by atoms with Crippen LogP contribution in [0.3, 0.4) is 0 Å². The number of hydrogen-bond donors (Lipinski definition) is 0. The van der Waals surface area contributed by atoms with Crippen LogP contribution in [0.1, 0.15) is 11.3 Å². The van der Waals surface area contributed by atoms with Crippen molar-refractivity contribution in [3.63, 3.8) is 0 Å². The molecule has 0 aliphatic carbocycles. The number of aromatic nitrogens is 2. The highest BCUT2D eigenvalue weighted by molar-refractivity contribution is 14.1. The maximum atomic E-state index is 13.4. The molecule has 0 saturated carbocycles. The van der Waals surface area contributed by atoms with E-state index in [0.29, 0.717) is 9.26 Å². The summed E-state index contributed by atoms with van der Waals surface area (Å²) in [7, 11) is 0. The maximum absolute atomic E-state index is 13.4. The van der Waals surface area contributed by atoms with E-state index in [4.69, 9.17) is 5.26 Å². The summed E-state index contributed by atoms with van der Waals surface area (Å²) in [6, 6.07) is 5.45. The molecule has 104 valence electrons. The van der Waals surface area contributed by atoms with Crippen molar-refractivity contribution >= 4 is 22.6 Å². The Labute approximate surface area is 125 Å². The van der Waals surface area contributed by atoms with Gasteiger partial charge in [-0.3, -0.25) is 0 Å². The molecule has 0 N–H and O–H groups in total. The lowest BCUT2D eigenvalue weighted by molar-refractivity contribution is -0.0536. The lowest BCUT2D eigenvalue weighted by Gasteiger charge is -2.04. The van der Waals surface area contributed by atoms with Gasteiger partial charge in [0.05, 0.1) is 26.6 Å². The van der Waals surface area contributed by atoms with Crippen molar-refractivity contribution in [3.8, 4) is 17.6 Å². The van der Waals surface area contributed by atoms with Gasteiger partial charge < -0.3 is 4.74 Å². The van der Waals surface area contributed by atoms with Crippen LogP contribution in [0, 0.1) is 27.6 Å². The van der Waals surface area contributed by atoms with E-state index >= 15 is 0 Å². The fourth-order valence-corrected chi connectivity index (χ4v) is 2.09. The third-order valence-corrected chi connectivity index (χ3v) is 3.71. The van der Waals surface area contributed by atoms with E-state index in [1.807, 2.05) is 28.7 Å². The van der Waals surface area contributed by atoms with Gasteiger partial charge in [-0.2, -0.15) is 14.0 Å². The minimum absolute atomic E-state index is 0.112. The Morgan fingerprint density at radius 1 is 1.40 bits per heavy atom. The van der Waals surface area contributed by atoms with Gasteiger partial charge in [0, 0.05) is 0 Å². The van der Waals surface area contributed by atoms with Crippen molar-refractivity contribution in [2.75, 3.05) is 0 Å². The highest BCUT2D eigenvalue weighted by Crippen LogP contribution is 2.27. The molecule has 0 aliphatic rings. The number of benzene rings is 1. The molecule has 0 amide bonds. The van der Waals surface area contributed by atoms with Gasteiger partial charge in [-0.05, 0) is 47.7 Å². The summed E-state index contributed by atoms with van der Waals surface area (Å²) in [5.74, 6) is -0.846. The predicted octanol–water partition coefficient (Wildman–Crippen LogP) is 3.40. The molecule has 4 nitrogen and oxygen atoms in total. The van der Waals surface area contributed by atoms with Gasteiger partial charge in [0.25, 0.3) is 5.88 Å². The Bertz CT molecular complexity index is 694. The summed E-state index contributed by atoms with van der Waals surface area (Å²) >= 11 is 1.81. The molecular formula is C12H7F3IN3O. The van der Waals surface area contributed by atoms with E-state index in [2.05, 4.69) is 9.84 Å². The Hall–Kier alpha value is -1.76. The third-order valence-electron chi connectivity index (χ3n) is 2.47. The van der Waals surface area contributed by atoms with Crippen molar-refractivity contribution in [3.05, 3.63) is 38.8 Å². The molecule has 0 atom stereocenters. The molecule has 0 radical (unpaired) electrons. The molecule has 0 aliphatic heterocycles.